The number of hydrogen-bond acceptors (Lipinski definition) is 5. The van der Waals surface area contributed by atoms with Gasteiger partial charge >= 0.3 is 6.09 Å². The zero-order valence-corrected chi connectivity index (χ0v) is 15.4. The van der Waals surface area contributed by atoms with E-state index in [9.17, 15) is 4.79 Å². The Morgan fingerprint density at radius 1 is 1.23 bits per heavy atom. The van der Waals surface area contributed by atoms with Crippen LogP contribution in [0.4, 0.5) is 10.5 Å². The summed E-state index contributed by atoms with van der Waals surface area (Å²) in [7, 11) is 1.54. The van der Waals surface area contributed by atoms with Crippen molar-refractivity contribution in [2.75, 3.05) is 18.6 Å². The molecule has 26 heavy (non-hydrogen) atoms. The molecular formula is C20H26N2O4. The Bertz CT molecular complexity index is 647. The number of methoxy groups -OCH3 is 1. The van der Waals surface area contributed by atoms with Crippen molar-refractivity contribution in [1.82, 2.24) is 0 Å². The van der Waals surface area contributed by atoms with Crippen LogP contribution < -0.4 is 4.90 Å². The van der Waals surface area contributed by atoms with Crippen LogP contribution in [0.3, 0.4) is 0 Å². The van der Waals surface area contributed by atoms with Crippen molar-refractivity contribution in [3.05, 3.63) is 29.8 Å². The number of anilines is 1. The van der Waals surface area contributed by atoms with E-state index < -0.39 is 6.29 Å². The van der Waals surface area contributed by atoms with E-state index in [0.717, 1.165) is 31.4 Å². The fourth-order valence-electron chi connectivity index (χ4n) is 3.87. The molecule has 0 spiro atoms. The summed E-state index contributed by atoms with van der Waals surface area (Å²) in [5.41, 5.74) is 2.13. The predicted octanol–water partition coefficient (Wildman–Crippen LogP) is 3.96. The lowest BCUT2D eigenvalue weighted by Gasteiger charge is -2.29. The number of cyclic esters (lactones) is 1. The van der Waals surface area contributed by atoms with E-state index in [1.807, 2.05) is 19.1 Å². The quantitative estimate of drug-likeness (QED) is 0.720. The van der Waals surface area contributed by atoms with Gasteiger partial charge in [-0.1, -0.05) is 12.1 Å². The van der Waals surface area contributed by atoms with Crippen LogP contribution in [0, 0.1) is 11.3 Å². The third kappa shape index (κ3) is 4.00. The zero-order chi connectivity index (χ0) is 18.5. The number of carbonyl (C=O) groups excluding carboxylic acids is 1. The first-order chi connectivity index (χ1) is 12.6. The summed E-state index contributed by atoms with van der Waals surface area (Å²) in [4.78, 5) is 13.7. The van der Waals surface area contributed by atoms with Gasteiger partial charge in [0.1, 0.15) is 6.04 Å². The Kier molecular flexibility index (Phi) is 6.12. The van der Waals surface area contributed by atoms with E-state index >= 15 is 0 Å². The molecule has 1 aromatic carbocycles. The van der Waals surface area contributed by atoms with E-state index in [0.29, 0.717) is 18.9 Å². The van der Waals surface area contributed by atoms with Gasteiger partial charge in [0.25, 0.3) is 0 Å². The number of nitriles is 1. The number of carbonyl (C=O) groups is 1. The van der Waals surface area contributed by atoms with Crippen molar-refractivity contribution in [3.63, 3.8) is 0 Å². The third-order valence-corrected chi connectivity index (χ3v) is 5.33. The molecule has 1 aromatic rings. The average Bonchev–Trinajstić information content (AvgIpc) is 2.96. The van der Waals surface area contributed by atoms with Crippen LogP contribution in [-0.4, -0.2) is 38.2 Å². The van der Waals surface area contributed by atoms with E-state index in [4.69, 9.17) is 19.5 Å². The maximum absolute atomic E-state index is 12.1. The molecule has 1 aliphatic heterocycles. The summed E-state index contributed by atoms with van der Waals surface area (Å²) in [5, 5.41) is 8.58. The highest BCUT2D eigenvalue weighted by Crippen LogP contribution is 2.35. The SMILES string of the molecule is COC1OC(=O)N(c2ccc(C3CCC(OCCC#N)CC3)cc2)C1C. The van der Waals surface area contributed by atoms with Crippen LogP contribution in [0.5, 0.6) is 0 Å². The van der Waals surface area contributed by atoms with Gasteiger partial charge in [-0.2, -0.15) is 5.26 Å². The second-order valence-corrected chi connectivity index (χ2v) is 6.94. The molecule has 0 bridgehead atoms. The predicted molar refractivity (Wildman–Crippen MR) is 96.8 cm³/mol. The summed E-state index contributed by atoms with van der Waals surface area (Å²) in [6, 6.07) is 10.1. The Morgan fingerprint density at radius 3 is 2.50 bits per heavy atom. The first kappa shape index (κ1) is 18.7. The highest BCUT2D eigenvalue weighted by atomic mass is 16.7. The van der Waals surface area contributed by atoms with Gasteiger partial charge in [-0.15, -0.1) is 0 Å². The van der Waals surface area contributed by atoms with E-state index in [1.54, 1.807) is 12.0 Å². The molecule has 6 nitrogen and oxygen atoms in total. The molecule has 0 N–H and O–H groups in total. The van der Waals surface area contributed by atoms with Gasteiger partial charge in [-0.25, -0.2) is 4.79 Å². The van der Waals surface area contributed by atoms with Crippen LogP contribution in [0.1, 0.15) is 50.5 Å². The number of nitrogens with zero attached hydrogens (tertiary/aromatic N) is 2. The van der Waals surface area contributed by atoms with Gasteiger partial charge in [-0.05, 0) is 56.2 Å². The summed E-state index contributed by atoms with van der Waals surface area (Å²) >= 11 is 0. The van der Waals surface area contributed by atoms with Crippen LogP contribution in [0.15, 0.2) is 24.3 Å². The number of ether oxygens (including phenoxy) is 3. The normalized spacial score (nSPS) is 28.7. The summed E-state index contributed by atoms with van der Waals surface area (Å²) in [6.07, 6.45) is 4.08. The smallest absolute Gasteiger partial charge is 0.417 e. The lowest BCUT2D eigenvalue weighted by Crippen LogP contribution is -2.34. The Morgan fingerprint density at radius 2 is 1.92 bits per heavy atom. The molecule has 0 radical (unpaired) electrons. The first-order valence-electron chi connectivity index (χ1n) is 9.25. The fraction of sp³-hybridized carbons (Fsp3) is 0.600. The fourth-order valence-corrected chi connectivity index (χ4v) is 3.87. The van der Waals surface area contributed by atoms with Gasteiger partial charge in [0.2, 0.25) is 6.29 Å². The molecule has 140 valence electrons. The second kappa shape index (κ2) is 8.52. The lowest BCUT2D eigenvalue weighted by atomic mass is 9.82. The van der Waals surface area contributed by atoms with Crippen LogP contribution >= 0.6 is 0 Å². The molecule has 1 saturated heterocycles. The molecule has 3 rings (SSSR count). The van der Waals surface area contributed by atoms with Gasteiger partial charge in [0, 0.05) is 12.8 Å². The van der Waals surface area contributed by atoms with E-state index in [1.165, 1.54) is 5.56 Å². The minimum atomic E-state index is -0.529. The highest BCUT2D eigenvalue weighted by Gasteiger charge is 2.40. The first-order valence-corrected chi connectivity index (χ1v) is 9.25. The number of hydrogen-bond donors (Lipinski definition) is 0. The Labute approximate surface area is 154 Å². The van der Waals surface area contributed by atoms with Crippen molar-refractivity contribution >= 4 is 11.8 Å². The van der Waals surface area contributed by atoms with Crippen molar-refractivity contribution in [2.45, 2.75) is 63.4 Å². The average molecular weight is 358 g/mol. The standard InChI is InChI=1S/C20H26N2O4/c1-14-19(24-2)26-20(23)22(14)17-8-4-15(5-9-17)16-6-10-18(11-7-16)25-13-3-12-21/h4-5,8-9,14,16,18-19H,3,6-7,10-11,13H2,1-2H3. The van der Waals surface area contributed by atoms with Crippen molar-refractivity contribution < 1.29 is 19.0 Å². The van der Waals surface area contributed by atoms with Crippen molar-refractivity contribution in [2.24, 2.45) is 0 Å². The van der Waals surface area contributed by atoms with Gasteiger partial charge in [0.15, 0.2) is 0 Å². The van der Waals surface area contributed by atoms with Crippen LogP contribution in [0.25, 0.3) is 0 Å². The largest absolute Gasteiger partial charge is 0.417 e. The molecule has 2 unspecified atom stereocenters. The molecular weight excluding hydrogens is 332 g/mol. The molecule has 1 aliphatic carbocycles. The molecule has 1 heterocycles. The topological polar surface area (TPSA) is 71.8 Å². The Balaban J connectivity index is 1.57. The molecule has 1 amide bonds. The lowest BCUT2D eigenvalue weighted by molar-refractivity contribution is -0.0640. The monoisotopic (exact) mass is 358 g/mol. The molecule has 1 saturated carbocycles. The molecule has 0 aromatic heterocycles. The van der Waals surface area contributed by atoms with E-state index in [2.05, 4.69) is 18.2 Å². The van der Waals surface area contributed by atoms with Gasteiger partial charge < -0.3 is 14.2 Å². The van der Waals surface area contributed by atoms with E-state index in [-0.39, 0.29) is 18.2 Å². The minimum absolute atomic E-state index is 0.153. The van der Waals surface area contributed by atoms with Crippen molar-refractivity contribution in [1.29, 1.82) is 5.26 Å². The second-order valence-electron chi connectivity index (χ2n) is 6.94. The van der Waals surface area contributed by atoms with Crippen molar-refractivity contribution in [3.8, 4) is 6.07 Å². The summed E-state index contributed by atoms with van der Waals surface area (Å²) in [5.74, 6) is 0.523. The van der Waals surface area contributed by atoms with Crippen LogP contribution in [0.2, 0.25) is 0 Å². The minimum Gasteiger partial charge on any atom is -0.417 e. The highest BCUT2D eigenvalue weighted by molar-refractivity contribution is 5.90. The molecule has 2 aliphatic rings. The maximum Gasteiger partial charge on any atom is 0.417 e. The van der Waals surface area contributed by atoms with Gasteiger partial charge in [0.05, 0.1) is 25.2 Å². The third-order valence-electron chi connectivity index (χ3n) is 5.33. The maximum atomic E-state index is 12.1. The molecule has 2 fully saturated rings. The van der Waals surface area contributed by atoms with Crippen LogP contribution in [-0.2, 0) is 14.2 Å². The summed E-state index contributed by atoms with van der Waals surface area (Å²) in [6.45, 7) is 2.45. The Hall–Kier alpha value is -2.10. The number of benzene rings is 1. The van der Waals surface area contributed by atoms with Gasteiger partial charge in [-0.3, -0.25) is 4.90 Å². The molecule has 6 heteroatoms. The number of amides is 1. The summed E-state index contributed by atoms with van der Waals surface area (Å²) < 4.78 is 16.2. The molecule has 2 atom stereocenters. The zero-order valence-electron chi connectivity index (χ0n) is 15.4. The number of rotatable bonds is 6.